The van der Waals surface area contributed by atoms with Crippen molar-refractivity contribution in [3.63, 3.8) is 0 Å². The maximum Gasteiger partial charge on any atom is 0.136 e. The third-order valence-corrected chi connectivity index (χ3v) is 5.73. The normalized spacial score (nSPS) is 26.7. The third-order valence-electron chi connectivity index (χ3n) is 5.73. The van der Waals surface area contributed by atoms with Crippen molar-refractivity contribution in [2.75, 3.05) is 0 Å². The molecule has 0 saturated heterocycles. The van der Waals surface area contributed by atoms with Crippen molar-refractivity contribution in [3.05, 3.63) is 60.0 Å². The molecule has 0 aliphatic carbocycles. The van der Waals surface area contributed by atoms with Crippen molar-refractivity contribution in [1.82, 2.24) is 19.3 Å². The summed E-state index contributed by atoms with van der Waals surface area (Å²) in [6, 6.07) is 2.02. The number of aromatic nitrogens is 4. The van der Waals surface area contributed by atoms with Gasteiger partial charge in [-0.2, -0.15) is 5.10 Å². The van der Waals surface area contributed by atoms with E-state index in [1.165, 1.54) is 0 Å². The van der Waals surface area contributed by atoms with E-state index in [-0.39, 0.29) is 10.8 Å². The van der Waals surface area contributed by atoms with E-state index < -0.39 is 0 Å². The van der Waals surface area contributed by atoms with Crippen LogP contribution in [0.2, 0.25) is 0 Å². The number of allylic oxidation sites excluding steroid dienone is 4. The van der Waals surface area contributed by atoms with Crippen LogP contribution in [0.25, 0.3) is 24.6 Å². The molecule has 2 aliphatic rings. The lowest BCUT2D eigenvalue weighted by molar-refractivity contribution is 0.386. The monoisotopic (exact) mass is 346 g/mol. The lowest BCUT2D eigenvalue weighted by atomic mass is 9.79. The zero-order chi connectivity index (χ0) is 18.4. The molecular weight excluding hydrogens is 320 g/mol. The average Bonchev–Trinajstić information content (AvgIpc) is 3.13. The van der Waals surface area contributed by atoms with Gasteiger partial charge >= 0.3 is 0 Å². The van der Waals surface area contributed by atoms with E-state index in [4.69, 9.17) is 4.98 Å². The van der Waals surface area contributed by atoms with Crippen LogP contribution in [0.3, 0.4) is 0 Å². The Morgan fingerprint density at radius 2 is 1.88 bits per heavy atom. The molecule has 0 aromatic carbocycles. The summed E-state index contributed by atoms with van der Waals surface area (Å²) in [5, 5.41) is 4.32. The highest BCUT2D eigenvalue weighted by atomic mass is 15.3. The molecule has 4 nitrogen and oxygen atoms in total. The van der Waals surface area contributed by atoms with Crippen LogP contribution in [-0.2, 0) is 6.42 Å². The molecule has 0 amide bonds. The zero-order valence-electron chi connectivity index (χ0n) is 15.9. The van der Waals surface area contributed by atoms with Crippen molar-refractivity contribution in [2.24, 2.45) is 16.7 Å². The van der Waals surface area contributed by atoms with Crippen molar-refractivity contribution >= 4 is 24.6 Å². The molecule has 0 fully saturated rings. The van der Waals surface area contributed by atoms with E-state index in [0.717, 1.165) is 23.6 Å². The quantitative estimate of drug-likeness (QED) is 0.785. The Morgan fingerprint density at radius 3 is 2.69 bits per heavy atom. The second-order valence-corrected chi connectivity index (χ2v) is 8.20. The van der Waals surface area contributed by atoms with Crippen LogP contribution in [0.1, 0.15) is 44.9 Å². The highest BCUT2D eigenvalue weighted by Gasteiger charge is 2.25. The summed E-state index contributed by atoms with van der Waals surface area (Å²) < 4.78 is 4.04. The molecule has 134 valence electrons. The summed E-state index contributed by atoms with van der Waals surface area (Å²) in [4.78, 5) is 4.88. The zero-order valence-corrected chi connectivity index (χ0v) is 15.9. The first-order valence-corrected chi connectivity index (χ1v) is 9.25. The minimum absolute atomic E-state index is 0.0695. The van der Waals surface area contributed by atoms with Crippen molar-refractivity contribution in [1.29, 1.82) is 0 Å². The molecule has 2 aromatic rings. The summed E-state index contributed by atoms with van der Waals surface area (Å²) in [5.74, 6) is 1.55. The molecule has 2 aliphatic heterocycles. The lowest BCUT2D eigenvalue weighted by Crippen LogP contribution is -2.17. The van der Waals surface area contributed by atoms with E-state index >= 15 is 0 Å². The number of rotatable bonds is 3. The van der Waals surface area contributed by atoms with E-state index in [2.05, 4.69) is 86.2 Å². The summed E-state index contributed by atoms with van der Waals surface area (Å²) in [6.07, 6.45) is 22.3. The maximum atomic E-state index is 4.88. The third kappa shape index (κ3) is 3.00. The fourth-order valence-corrected chi connectivity index (χ4v) is 3.39. The Labute approximate surface area is 155 Å². The Kier molecular flexibility index (Phi) is 3.87. The molecule has 0 bridgehead atoms. The molecule has 4 rings (SSSR count). The predicted octanol–water partition coefficient (Wildman–Crippen LogP) is 4.99. The smallest absolute Gasteiger partial charge is 0.136 e. The molecule has 0 N–H and O–H groups in total. The van der Waals surface area contributed by atoms with E-state index in [1.807, 2.05) is 23.1 Å². The number of fused-ring (bicyclic) bond motifs is 2. The SMILES string of the molecule is CC(C)C1(C)C=Cc2nc(CC3(C)C=Cc4ccnn4C=C3)cn2C=C1. The van der Waals surface area contributed by atoms with Crippen LogP contribution >= 0.6 is 0 Å². The minimum atomic E-state index is -0.0822. The maximum absolute atomic E-state index is 4.88. The fourth-order valence-electron chi connectivity index (χ4n) is 3.39. The first-order chi connectivity index (χ1) is 12.4. The van der Waals surface area contributed by atoms with E-state index in [0.29, 0.717) is 5.92 Å². The molecule has 4 heteroatoms. The first kappa shape index (κ1) is 16.8. The fraction of sp³-hybridized carbons (Fsp3) is 0.364. The van der Waals surface area contributed by atoms with Gasteiger partial charge in [0, 0.05) is 42.0 Å². The van der Waals surface area contributed by atoms with Crippen molar-refractivity contribution in [2.45, 2.75) is 34.1 Å². The number of hydrogen-bond donors (Lipinski definition) is 0. The Hall–Kier alpha value is -2.62. The van der Waals surface area contributed by atoms with Gasteiger partial charge in [-0.25, -0.2) is 9.67 Å². The number of hydrogen-bond acceptors (Lipinski definition) is 2. The van der Waals surface area contributed by atoms with Crippen LogP contribution in [0, 0.1) is 16.7 Å². The number of imidazole rings is 1. The highest BCUT2D eigenvalue weighted by Crippen LogP contribution is 2.34. The summed E-state index contributed by atoms with van der Waals surface area (Å²) in [6.45, 7) is 9.01. The molecular formula is C22H26N4. The average molecular weight is 346 g/mol. The summed E-state index contributed by atoms with van der Waals surface area (Å²) in [5.41, 5.74) is 2.18. The van der Waals surface area contributed by atoms with Crippen LogP contribution < -0.4 is 0 Å². The summed E-state index contributed by atoms with van der Waals surface area (Å²) >= 11 is 0. The van der Waals surface area contributed by atoms with Gasteiger partial charge in [0.1, 0.15) is 5.82 Å². The van der Waals surface area contributed by atoms with Crippen molar-refractivity contribution < 1.29 is 0 Å². The molecule has 0 spiro atoms. The highest BCUT2D eigenvalue weighted by molar-refractivity contribution is 5.54. The Morgan fingerprint density at radius 1 is 1.04 bits per heavy atom. The molecule has 2 unspecified atom stereocenters. The second kappa shape index (κ2) is 5.97. The van der Waals surface area contributed by atoms with Crippen LogP contribution in [0.4, 0.5) is 0 Å². The first-order valence-electron chi connectivity index (χ1n) is 9.25. The minimum Gasteiger partial charge on any atom is -0.307 e. The summed E-state index contributed by atoms with van der Waals surface area (Å²) in [7, 11) is 0. The standard InChI is InChI=1S/C22H26N4/c1-17(2)22(4)9-6-20-24-18(16-25(20)13-11-22)15-21(3)8-5-19-7-12-23-26(19)14-10-21/h5-14,16-17H,15H2,1-4H3. The van der Waals surface area contributed by atoms with Gasteiger partial charge in [-0.1, -0.05) is 52.0 Å². The molecule has 0 radical (unpaired) electrons. The van der Waals surface area contributed by atoms with Gasteiger partial charge in [0.15, 0.2) is 0 Å². The van der Waals surface area contributed by atoms with Gasteiger partial charge in [-0.05, 0) is 24.1 Å². The molecule has 0 saturated carbocycles. The molecule has 2 atom stereocenters. The van der Waals surface area contributed by atoms with E-state index in [1.54, 1.807) is 0 Å². The molecule has 26 heavy (non-hydrogen) atoms. The van der Waals surface area contributed by atoms with Gasteiger partial charge in [0.2, 0.25) is 0 Å². The predicted molar refractivity (Wildman–Crippen MR) is 108 cm³/mol. The Bertz CT molecular complexity index is 873. The van der Waals surface area contributed by atoms with Crippen molar-refractivity contribution in [3.8, 4) is 0 Å². The van der Waals surface area contributed by atoms with Gasteiger partial charge < -0.3 is 4.57 Å². The molecule has 4 heterocycles. The van der Waals surface area contributed by atoms with Gasteiger partial charge in [-0.15, -0.1) is 0 Å². The van der Waals surface area contributed by atoms with Crippen LogP contribution in [0.5, 0.6) is 0 Å². The second-order valence-electron chi connectivity index (χ2n) is 8.20. The van der Waals surface area contributed by atoms with Gasteiger partial charge in [0.05, 0.1) is 11.4 Å². The Balaban J connectivity index is 1.58. The molecule has 2 aromatic heterocycles. The largest absolute Gasteiger partial charge is 0.307 e. The van der Waals surface area contributed by atoms with Gasteiger partial charge in [0.25, 0.3) is 0 Å². The van der Waals surface area contributed by atoms with Gasteiger partial charge in [-0.3, -0.25) is 0 Å². The van der Waals surface area contributed by atoms with Crippen LogP contribution in [0.15, 0.2) is 42.8 Å². The number of nitrogens with zero attached hydrogens (tertiary/aromatic N) is 4. The lowest BCUT2D eigenvalue weighted by Gasteiger charge is -2.25. The van der Waals surface area contributed by atoms with E-state index in [9.17, 15) is 0 Å². The topological polar surface area (TPSA) is 35.6 Å². The van der Waals surface area contributed by atoms with Crippen LogP contribution in [-0.4, -0.2) is 19.3 Å².